The van der Waals surface area contributed by atoms with E-state index in [1.54, 1.807) is 6.20 Å². The second-order valence-electron chi connectivity index (χ2n) is 2.86. The molecule has 1 unspecified atom stereocenters. The van der Waals surface area contributed by atoms with Gasteiger partial charge in [0.15, 0.2) is 0 Å². The van der Waals surface area contributed by atoms with Gasteiger partial charge < -0.3 is 16.0 Å². The van der Waals surface area contributed by atoms with E-state index in [9.17, 15) is 4.79 Å². The lowest BCUT2D eigenvalue weighted by Crippen LogP contribution is -2.54. The summed E-state index contributed by atoms with van der Waals surface area (Å²) >= 11 is 0. The minimum Gasteiger partial charge on any atom is -0.375 e. The Morgan fingerprint density at radius 3 is 3.08 bits per heavy atom. The molecular weight excluding hydrogens is 166 g/mol. The van der Waals surface area contributed by atoms with Gasteiger partial charge in [0, 0.05) is 5.70 Å². The highest BCUT2D eigenvalue weighted by Crippen LogP contribution is 2.05. The maximum Gasteiger partial charge on any atom is 0.250 e. The molecule has 0 saturated carbocycles. The van der Waals surface area contributed by atoms with Crippen molar-refractivity contribution in [3.8, 4) is 0 Å². The molecule has 1 amide bonds. The maximum atomic E-state index is 11.4. The van der Waals surface area contributed by atoms with Crippen molar-refractivity contribution >= 4 is 5.91 Å². The van der Waals surface area contributed by atoms with Gasteiger partial charge in [-0.3, -0.25) is 4.79 Å². The first kappa shape index (κ1) is 7.91. The standard InChI is InChI=1S/C9H11N3O/c13-9-8-7(11-6-12-9)4-2-1-3-5-10-8/h1-5,8,10-11H,6H2,(H,12,13)/b2-1-,5-3-,7-4+. The topological polar surface area (TPSA) is 53.2 Å². The van der Waals surface area contributed by atoms with E-state index in [0.717, 1.165) is 5.70 Å². The summed E-state index contributed by atoms with van der Waals surface area (Å²) in [6.07, 6.45) is 9.34. The zero-order chi connectivity index (χ0) is 9.10. The number of nitrogens with one attached hydrogen (secondary N) is 3. The second-order valence-corrected chi connectivity index (χ2v) is 2.86. The monoisotopic (exact) mass is 177 g/mol. The molecule has 13 heavy (non-hydrogen) atoms. The Hall–Kier alpha value is -1.71. The molecule has 2 aliphatic heterocycles. The molecule has 1 fully saturated rings. The normalized spacial score (nSPS) is 34.6. The largest absolute Gasteiger partial charge is 0.375 e. The Bertz CT molecular complexity index is 304. The third-order valence-electron chi connectivity index (χ3n) is 1.99. The first-order valence-electron chi connectivity index (χ1n) is 4.19. The molecule has 0 aromatic rings. The first-order valence-corrected chi connectivity index (χ1v) is 4.19. The molecule has 0 aromatic carbocycles. The molecule has 68 valence electrons. The number of carbonyl (C=O) groups excluding carboxylic acids is 1. The highest BCUT2D eigenvalue weighted by atomic mass is 16.2. The van der Waals surface area contributed by atoms with Crippen LogP contribution in [0.4, 0.5) is 0 Å². The fourth-order valence-corrected chi connectivity index (χ4v) is 1.33. The smallest absolute Gasteiger partial charge is 0.250 e. The van der Waals surface area contributed by atoms with Gasteiger partial charge in [-0.1, -0.05) is 12.2 Å². The molecule has 0 bridgehead atoms. The lowest BCUT2D eigenvalue weighted by atomic mass is 10.1. The van der Waals surface area contributed by atoms with Gasteiger partial charge in [0.05, 0.1) is 6.67 Å². The van der Waals surface area contributed by atoms with Gasteiger partial charge in [0.1, 0.15) is 6.04 Å². The van der Waals surface area contributed by atoms with Crippen LogP contribution in [0.1, 0.15) is 0 Å². The van der Waals surface area contributed by atoms with Crippen LogP contribution >= 0.6 is 0 Å². The zero-order valence-corrected chi connectivity index (χ0v) is 7.08. The number of fused-ring (bicyclic) bond motifs is 1. The predicted octanol–water partition coefficient (Wildman–Crippen LogP) is -0.411. The Kier molecular flexibility index (Phi) is 2.04. The van der Waals surface area contributed by atoms with Crippen molar-refractivity contribution in [1.82, 2.24) is 16.0 Å². The number of carbonyl (C=O) groups is 1. The van der Waals surface area contributed by atoms with Gasteiger partial charge in [-0.05, 0) is 18.4 Å². The Balaban J connectivity index is 2.26. The zero-order valence-electron chi connectivity index (χ0n) is 7.08. The van der Waals surface area contributed by atoms with E-state index >= 15 is 0 Å². The van der Waals surface area contributed by atoms with E-state index in [1.807, 2.05) is 24.3 Å². The van der Waals surface area contributed by atoms with Crippen LogP contribution in [0.5, 0.6) is 0 Å². The van der Waals surface area contributed by atoms with Crippen molar-refractivity contribution in [2.75, 3.05) is 6.67 Å². The molecule has 0 radical (unpaired) electrons. The number of allylic oxidation sites excluding steroid dienone is 4. The Morgan fingerprint density at radius 1 is 1.23 bits per heavy atom. The number of hydrogen-bond donors (Lipinski definition) is 3. The summed E-state index contributed by atoms with van der Waals surface area (Å²) in [6, 6.07) is -0.282. The lowest BCUT2D eigenvalue weighted by Gasteiger charge is -2.27. The average molecular weight is 177 g/mol. The summed E-state index contributed by atoms with van der Waals surface area (Å²) < 4.78 is 0. The van der Waals surface area contributed by atoms with Crippen molar-refractivity contribution in [3.05, 3.63) is 36.2 Å². The van der Waals surface area contributed by atoms with Crippen LogP contribution in [0.15, 0.2) is 36.2 Å². The SMILES string of the molecule is O=C1NCN/C2=C/C=C\C=C/NC12. The van der Waals surface area contributed by atoms with Crippen LogP contribution in [-0.4, -0.2) is 18.6 Å². The van der Waals surface area contributed by atoms with Crippen molar-refractivity contribution in [1.29, 1.82) is 0 Å². The highest BCUT2D eigenvalue weighted by Gasteiger charge is 2.24. The van der Waals surface area contributed by atoms with E-state index in [4.69, 9.17) is 0 Å². The predicted molar refractivity (Wildman–Crippen MR) is 49.4 cm³/mol. The molecule has 0 aliphatic carbocycles. The van der Waals surface area contributed by atoms with Crippen molar-refractivity contribution in [2.24, 2.45) is 0 Å². The molecule has 2 heterocycles. The van der Waals surface area contributed by atoms with E-state index in [0.29, 0.717) is 6.67 Å². The van der Waals surface area contributed by atoms with Gasteiger partial charge >= 0.3 is 0 Å². The fraction of sp³-hybridized carbons (Fsp3) is 0.222. The summed E-state index contributed by atoms with van der Waals surface area (Å²) in [5, 5.41) is 8.82. The average Bonchev–Trinajstić information content (AvgIpc) is 2.07. The van der Waals surface area contributed by atoms with E-state index in [-0.39, 0.29) is 11.9 Å². The van der Waals surface area contributed by atoms with Crippen LogP contribution < -0.4 is 16.0 Å². The van der Waals surface area contributed by atoms with E-state index in [2.05, 4.69) is 16.0 Å². The molecule has 2 rings (SSSR count). The van der Waals surface area contributed by atoms with Gasteiger partial charge in [0.2, 0.25) is 5.91 Å². The van der Waals surface area contributed by atoms with Gasteiger partial charge in [-0.2, -0.15) is 0 Å². The maximum absolute atomic E-state index is 11.4. The molecule has 1 atom stereocenters. The number of amides is 1. The summed E-state index contributed by atoms with van der Waals surface area (Å²) in [5.41, 5.74) is 0.907. The van der Waals surface area contributed by atoms with Gasteiger partial charge in [0.25, 0.3) is 0 Å². The molecular formula is C9H11N3O. The Morgan fingerprint density at radius 2 is 2.15 bits per heavy atom. The van der Waals surface area contributed by atoms with Gasteiger partial charge in [-0.25, -0.2) is 0 Å². The quantitative estimate of drug-likeness (QED) is 0.471. The summed E-state index contributed by atoms with van der Waals surface area (Å²) in [6.45, 7) is 0.500. The minimum absolute atomic E-state index is 0.00458. The minimum atomic E-state index is -0.282. The van der Waals surface area contributed by atoms with Crippen LogP contribution in [0, 0.1) is 0 Å². The van der Waals surface area contributed by atoms with Gasteiger partial charge in [-0.15, -0.1) is 0 Å². The van der Waals surface area contributed by atoms with E-state index in [1.165, 1.54) is 0 Å². The Labute approximate surface area is 76.4 Å². The molecule has 4 nitrogen and oxygen atoms in total. The number of rotatable bonds is 0. The highest BCUT2D eigenvalue weighted by molar-refractivity contribution is 5.86. The number of hydrogen-bond acceptors (Lipinski definition) is 3. The molecule has 0 spiro atoms. The molecule has 0 aromatic heterocycles. The third kappa shape index (κ3) is 1.56. The van der Waals surface area contributed by atoms with Crippen LogP contribution in [0.2, 0.25) is 0 Å². The molecule has 2 aliphatic rings. The van der Waals surface area contributed by atoms with Crippen molar-refractivity contribution in [3.63, 3.8) is 0 Å². The van der Waals surface area contributed by atoms with Crippen LogP contribution in [0.3, 0.4) is 0 Å². The molecule has 3 N–H and O–H groups in total. The van der Waals surface area contributed by atoms with Crippen LogP contribution in [0.25, 0.3) is 0 Å². The fourth-order valence-electron chi connectivity index (χ4n) is 1.33. The summed E-state index contributed by atoms with van der Waals surface area (Å²) in [4.78, 5) is 11.4. The first-order chi connectivity index (χ1) is 6.38. The van der Waals surface area contributed by atoms with E-state index < -0.39 is 0 Å². The molecule has 4 heteroatoms. The second kappa shape index (κ2) is 3.35. The van der Waals surface area contributed by atoms with Crippen molar-refractivity contribution in [2.45, 2.75) is 6.04 Å². The third-order valence-corrected chi connectivity index (χ3v) is 1.99. The molecule has 1 saturated heterocycles. The lowest BCUT2D eigenvalue weighted by molar-refractivity contribution is -0.123. The van der Waals surface area contributed by atoms with Crippen molar-refractivity contribution < 1.29 is 4.79 Å². The van der Waals surface area contributed by atoms with Crippen LogP contribution in [-0.2, 0) is 4.79 Å². The summed E-state index contributed by atoms with van der Waals surface area (Å²) in [5.74, 6) is 0.00458. The summed E-state index contributed by atoms with van der Waals surface area (Å²) in [7, 11) is 0.